The Morgan fingerprint density at radius 1 is 1.00 bits per heavy atom. The van der Waals surface area contributed by atoms with Crippen molar-refractivity contribution >= 4 is 5.91 Å². The predicted octanol–water partition coefficient (Wildman–Crippen LogP) is 3.30. The Kier molecular flexibility index (Phi) is 8.74. The van der Waals surface area contributed by atoms with E-state index in [2.05, 4.69) is 22.8 Å². The van der Waals surface area contributed by atoms with E-state index in [0.29, 0.717) is 36.0 Å². The summed E-state index contributed by atoms with van der Waals surface area (Å²) in [4.78, 5) is 12.7. The third-order valence-electron chi connectivity index (χ3n) is 6.51. The SMILES string of the molecule is COc1cc(COc2ccc(CC(=O)N[C@@H](CO)CC3=CNC4C=CC=CC34)cc2)cc(OC)c1OC. The second-order valence-corrected chi connectivity index (χ2v) is 9.00. The summed E-state index contributed by atoms with van der Waals surface area (Å²) in [6.45, 7) is 0.194. The van der Waals surface area contributed by atoms with Gasteiger partial charge in [0.25, 0.3) is 0 Å². The van der Waals surface area contributed by atoms with Crippen molar-refractivity contribution in [2.24, 2.45) is 5.92 Å². The molecule has 0 saturated carbocycles. The average Bonchev–Trinajstić information content (AvgIpc) is 3.34. The van der Waals surface area contributed by atoms with Crippen LogP contribution in [0.25, 0.3) is 0 Å². The largest absolute Gasteiger partial charge is 0.493 e. The van der Waals surface area contributed by atoms with Crippen LogP contribution in [0.4, 0.5) is 0 Å². The number of carbonyl (C=O) groups is 1. The second kappa shape index (κ2) is 12.4. The molecule has 0 saturated heterocycles. The minimum atomic E-state index is -0.334. The summed E-state index contributed by atoms with van der Waals surface area (Å²) in [6.07, 6.45) is 11.2. The molecule has 196 valence electrons. The van der Waals surface area contributed by atoms with Crippen LogP contribution >= 0.6 is 0 Å². The van der Waals surface area contributed by atoms with Crippen LogP contribution < -0.4 is 29.6 Å². The molecule has 2 aromatic carbocycles. The number of carbonyl (C=O) groups excluding carboxylic acids is 1. The van der Waals surface area contributed by atoms with Crippen molar-refractivity contribution < 1.29 is 28.8 Å². The van der Waals surface area contributed by atoms with Crippen molar-refractivity contribution in [3.05, 3.63) is 83.6 Å². The lowest BCUT2D eigenvalue weighted by Gasteiger charge is -2.22. The third-order valence-corrected chi connectivity index (χ3v) is 6.51. The van der Waals surface area contributed by atoms with Crippen molar-refractivity contribution in [3.63, 3.8) is 0 Å². The van der Waals surface area contributed by atoms with Crippen molar-refractivity contribution in [2.45, 2.75) is 31.5 Å². The molecular formula is C29H34N2O6. The standard InChI is InChI=1S/C29H34N2O6/c1-34-26-12-20(13-27(35-2)29(26)36-3)18-37-23-10-8-19(9-11-23)14-28(33)31-22(17-32)15-21-16-30-25-7-5-4-6-24(21)25/h4-13,16,22,24-25,30,32H,14-15,17-18H2,1-3H3,(H,31,33)/t22-,24?,25?/m1/s1. The van der Waals surface area contributed by atoms with Gasteiger partial charge >= 0.3 is 0 Å². The van der Waals surface area contributed by atoms with Gasteiger partial charge in [-0.05, 0) is 53.6 Å². The Hall–Kier alpha value is -3.91. The molecule has 8 nitrogen and oxygen atoms in total. The molecule has 1 aliphatic carbocycles. The number of hydrogen-bond donors (Lipinski definition) is 3. The molecule has 2 aromatic rings. The first-order chi connectivity index (χ1) is 18.0. The highest BCUT2D eigenvalue weighted by atomic mass is 16.5. The molecule has 2 aliphatic rings. The Bertz CT molecular complexity index is 1150. The maximum absolute atomic E-state index is 12.7. The van der Waals surface area contributed by atoms with E-state index in [9.17, 15) is 9.90 Å². The summed E-state index contributed by atoms with van der Waals surface area (Å²) in [6, 6.07) is 11.0. The molecule has 37 heavy (non-hydrogen) atoms. The van der Waals surface area contributed by atoms with Gasteiger partial charge in [-0.1, -0.05) is 36.4 Å². The number of benzene rings is 2. The number of aliphatic hydroxyl groups excluding tert-OH is 1. The smallest absolute Gasteiger partial charge is 0.224 e. The Labute approximate surface area is 217 Å². The van der Waals surface area contributed by atoms with Gasteiger partial charge in [0.15, 0.2) is 11.5 Å². The molecule has 0 bridgehead atoms. The van der Waals surface area contributed by atoms with E-state index in [1.54, 1.807) is 21.3 Å². The number of amides is 1. The van der Waals surface area contributed by atoms with Crippen LogP contribution in [-0.2, 0) is 17.8 Å². The highest BCUT2D eigenvalue weighted by Gasteiger charge is 2.28. The van der Waals surface area contributed by atoms with Crippen LogP contribution in [0.2, 0.25) is 0 Å². The van der Waals surface area contributed by atoms with Gasteiger partial charge in [0.1, 0.15) is 12.4 Å². The molecule has 1 amide bonds. The highest BCUT2D eigenvalue weighted by Crippen LogP contribution is 2.38. The molecule has 0 spiro atoms. The molecule has 3 atom stereocenters. The first-order valence-electron chi connectivity index (χ1n) is 12.3. The molecule has 1 heterocycles. The van der Waals surface area contributed by atoms with Crippen molar-refractivity contribution in [2.75, 3.05) is 27.9 Å². The van der Waals surface area contributed by atoms with E-state index in [0.717, 1.165) is 11.1 Å². The number of aliphatic hydroxyl groups is 1. The number of rotatable bonds is 12. The molecule has 1 aliphatic heterocycles. The van der Waals surface area contributed by atoms with Crippen molar-refractivity contribution in [3.8, 4) is 23.0 Å². The Morgan fingerprint density at radius 3 is 2.35 bits per heavy atom. The summed E-state index contributed by atoms with van der Waals surface area (Å²) in [5.41, 5.74) is 2.90. The van der Waals surface area contributed by atoms with Crippen LogP contribution in [-0.4, -0.2) is 51.0 Å². The Morgan fingerprint density at radius 2 is 1.70 bits per heavy atom. The zero-order valence-electron chi connectivity index (χ0n) is 21.4. The summed E-state index contributed by atoms with van der Waals surface area (Å²) >= 11 is 0. The number of hydrogen-bond acceptors (Lipinski definition) is 7. The first-order valence-corrected chi connectivity index (χ1v) is 12.3. The molecule has 8 heteroatoms. The molecule has 0 aromatic heterocycles. The van der Waals surface area contributed by atoms with Crippen LogP contribution in [0, 0.1) is 5.92 Å². The van der Waals surface area contributed by atoms with E-state index in [1.807, 2.05) is 54.8 Å². The summed E-state index contributed by atoms with van der Waals surface area (Å²) < 4.78 is 22.1. The van der Waals surface area contributed by atoms with Gasteiger partial charge in [-0.2, -0.15) is 0 Å². The lowest BCUT2D eigenvalue weighted by molar-refractivity contribution is -0.121. The predicted molar refractivity (Wildman–Crippen MR) is 141 cm³/mol. The molecule has 0 radical (unpaired) electrons. The van der Waals surface area contributed by atoms with Crippen molar-refractivity contribution in [1.29, 1.82) is 0 Å². The Balaban J connectivity index is 1.28. The van der Waals surface area contributed by atoms with E-state index >= 15 is 0 Å². The zero-order valence-corrected chi connectivity index (χ0v) is 21.4. The van der Waals surface area contributed by atoms with E-state index < -0.39 is 0 Å². The average molecular weight is 507 g/mol. The van der Waals surface area contributed by atoms with Gasteiger partial charge in [-0.15, -0.1) is 0 Å². The van der Waals surface area contributed by atoms with Crippen LogP contribution in [0.3, 0.4) is 0 Å². The lowest BCUT2D eigenvalue weighted by Crippen LogP contribution is -2.39. The number of ether oxygens (including phenoxy) is 4. The van der Waals surface area contributed by atoms with Crippen molar-refractivity contribution in [1.82, 2.24) is 10.6 Å². The minimum Gasteiger partial charge on any atom is -0.493 e. The topological polar surface area (TPSA) is 98.3 Å². The zero-order chi connectivity index (χ0) is 26.2. The maximum atomic E-state index is 12.7. The normalized spacial score (nSPS) is 18.3. The molecule has 2 unspecified atom stereocenters. The molecule has 4 rings (SSSR count). The maximum Gasteiger partial charge on any atom is 0.224 e. The number of nitrogens with one attached hydrogen (secondary N) is 2. The van der Waals surface area contributed by atoms with Gasteiger partial charge in [0.2, 0.25) is 11.7 Å². The fraction of sp³-hybridized carbons (Fsp3) is 0.345. The van der Waals surface area contributed by atoms with Crippen LogP contribution in [0.1, 0.15) is 17.5 Å². The van der Waals surface area contributed by atoms with Gasteiger partial charge in [0, 0.05) is 5.92 Å². The van der Waals surface area contributed by atoms with Gasteiger partial charge in [-0.25, -0.2) is 0 Å². The van der Waals surface area contributed by atoms with Crippen LogP contribution in [0.15, 0.2) is 72.5 Å². The monoisotopic (exact) mass is 506 g/mol. The fourth-order valence-electron chi connectivity index (χ4n) is 4.61. The fourth-order valence-corrected chi connectivity index (χ4v) is 4.61. The van der Waals surface area contributed by atoms with E-state index in [1.165, 1.54) is 5.57 Å². The van der Waals surface area contributed by atoms with Gasteiger partial charge in [-0.3, -0.25) is 4.79 Å². The van der Waals surface area contributed by atoms with Gasteiger partial charge < -0.3 is 34.7 Å². The highest BCUT2D eigenvalue weighted by molar-refractivity contribution is 5.79. The number of fused-ring (bicyclic) bond motifs is 1. The summed E-state index contributed by atoms with van der Waals surface area (Å²) in [7, 11) is 4.71. The number of allylic oxidation sites excluding steroid dienone is 2. The quantitative estimate of drug-likeness (QED) is 0.406. The van der Waals surface area contributed by atoms with E-state index in [4.69, 9.17) is 18.9 Å². The lowest BCUT2D eigenvalue weighted by atomic mass is 9.88. The van der Waals surface area contributed by atoms with E-state index in [-0.39, 0.29) is 36.9 Å². The molecule has 0 fully saturated rings. The van der Waals surface area contributed by atoms with Crippen LogP contribution in [0.5, 0.6) is 23.0 Å². The summed E-state index contributed by atoms with van der Waals surface area (Å²) in [5, 5.41) is 16.2. The number of methoxy groups -OCH3 is 3. The molecular weight excluding hydrogens is 472 g/mol. The third kappa shape index (κ3) is 6.46. The summed E-state index contributed by atoms with van der Waals surface area (Å²) in [5.74, 6) is 2.47. The second-order valence-electron chi connectivity index (χ2n) is 9.00. The van der Waals surface area contributed by atoms with Gasteiger partial charge in [0.05, 0.1) is 46.4 Å². The minimum absolute atomic E-state index is 0.117. The first kappa shape index (κ1) is 26.2. The molecule has 3 N–H and O–H groups in total.